The lowest BCUT2D eigenvalue weighted by Crippen LogP contribution is -2.05. The van der Waals surface area contributed by atoms with E-state index in [9.17, 15) is 9.59 Å². The Kier molecular flexibility index (Phi) is 2.81. The Morgan fingerprint density at radius 2 is 1.21 bits per heavy atom. The van der Waals surface area contributed by atoms with Crippen molar-refractivity contribution in [3.05, 3.63) is 57.1 Å². The summed E-state index contributed by atoms with van der Waals surface area (Å²) in [6.07, 6.45) is 0. The summed E-state index contributed by atoms with van der Waals surface area (Å²) < 4.78 is 0. The first-order valence-corrected chi connectivity index (χ1v) is 6.26. The molecule has 0 fully saturated rings. The van der Waals surface area contributed by atoms with Gasteiger partial charge in [0, 0.05) is 12.1 Å². The van der Waals surface area contributed by atoms with Crippen LogP contribution in [0.15, 0.2) is 46.0 Å². The molecule has 0 amide bonds. The number of nitrogens with zero attached hydrogens (tertiary/aromatic N) is 2. The van der Waals surface area contributed by atoms with Crippen molar-refractivity contribution in [2.75, 3.05) is 0 Å². The van der Waals surface area contributed by atoms with Crippen LogP contribution in [0.25, 0.3) is 21.1 Å². The van der Waals surface area contributed by atoms with Gasteiger partial charge in [-0.05, 0) is 24.3 Å². The molecule has 0 aromatic carbocycles. The third-order valence-electron chi connectivity index (χ3n) is 2.47. The number of thiophene rings is 1. The number of hydrogen-bond acceptors (Lipinski definition) is 5. The number of H-pyrrole nitrogens is 2. The zero-order valence-corrected chi connectivity index (χ0v) is 10.4. The van der Waals surface area contributed by atoms with Gasteiger partial charge in [0.1, 0.15) is 11.4 Å². The minimum Gasteiger partial charge on any atom is -0.268 e. The van der Waals surface area contributed by atoms with Crippen LogP contribution in [0, 0.1) is 0 Å². The average molecular weight is 272 g/mol. The predicted octanol–water partition coefficient (Wildman–Crippen LogP) is 1.25. The smallest absolute Gasteiger partial charge is 0.264 e. The molecule has 6 nitrogen and oxygen atoms in total. The van der Waals surface area contributed by atoms with Crippen molar-refractivity contribution in [2.24, 2.45) is 0 Å². The van der Waals surface area contributed by atoms with E-state index in [4.69, 9.17) is 0 Å². The van der Waals surface area contributed by atoms with Crippen LogP contribution < -0.4 is 11.1 Å². The fourth-order valence-electron chi connectivity index (χ4n) is 1.58. The minimum atomic E-state index is -0.233. The molecule has 0 atom stereocenters. The normalized spacial score (nSPS) is 10.5. The summed E-state index contributed by atoms with van der Waals surface area (Å²) in [6, 6.07) is 9.98. The van der Waals surface area contributed by atoms with Crippen molar-refractivity contribution >= 4 is 11.3 Å². The van der Waals surface area contributed by atoms with Crippen molar-refractivity contribution < 1.29 is 0 Å². The fraction of sp³-hybridized carbons (Fsp3) is 0. The van der Waals surface area contributed by atoms with E-state index in [1.165, 1.54) is 23.5 Å². The summed E-state index contributed by atoms with van der Waals surface area (Å²) in [5.74, 6) is 0. The molecule has 0 saturated carbocycles. The van der Waals surface area contributed by atoms with Crippen molar-refractivity contribution in [1.29, 1.82) is 0 Å². The molecule has 0 spiro atoms. The molecule has 0 unspecified atom stereocenters. The van der Waals surface area contributed by atoms with Gasteiger partial charge >= 0.3 is 0 Å². The highest BCUT2D eigenvalue weighted by Gasteiger charge is 2.07. The van der Waals surface area contributed by atoms with Gasteiger partial charge in [0.15, 0.2) is 0 Å². The Bertz CT molecular complexity index is 725. The first-order valence-electron chi connectivity index (χ1n) is 5.44. The zero-order chi connectivity index (χ0) is 13.2. The largest absolute Gasteiger partial charge is 0.268 e. The summed E-state index contributed by atoms with van der Waals surface area (Å²) in [5.41, 5.74) is 0.922. The number of aromatic nitrogens is 4. The maximum absolute atomic E-state index is 11.0. The maximum atomic E-state index is 11.0. The van der Waals surface area contributed by atoms with E-state index in [2.05, 4.69) is 20.4 Å². The van der Waals surface area contributed by atoms with Crippen molar-refractivity contribution in [3.63, 3.8) is 0 Å². The van der Waals surface area contributed by atoms with Crippen molar-refractivity contribution in [2.45, 2.75) is 0 Å². The molecule has 0 aliphatic carbocycles. The molecule has 7 heteroatoms. The number of rotatable bonds is 2. The molecule has 3 aromatic heterocycles. The molecule has 3 aromatic rings. The molecule has 0 bridgehead atoms. The van der Waals surface area contributed by atoms with Gasteiger partial charge in [-0.2, -0.15) is 10.2 Å². The Balaban J connectivity index is 1.99. The summed E-state index contributed by atoms with van der Waals surface area (Å²) in [6.45, 7) is 0. The van der Waals surface area contributed by atoms with Crippen LogP contribution in [-0.4, -0.2) is 20.4 Å². The van der Waals surface area contributed by atoms with Crippen LogP contribution in [0.3, 0.4) is 0 Å². The lowest BCUT2D eigenvalue weighted by atomic mass is 10.3. The first kappa shape index (κ1) is 11.5. The Morgan fingerprint density at radius 3 is 1.58 bits per heavy atom. The molecule has 0 radical (unpaired) electrons. The topological polar surface area (TPSA) is 91.5 Å². The zero-order valence-electron chi connectivity index (χ0n) is 9.58. The second-order valence-corrected chi connectivity index (χ2v) is 4.86. The predicted molar refractivity (Wildman–Crippen MR) is 72.0 cm³/mol. The van der Waals surface area contributed by atoms with Gasteiger partial charge in [0.2, 0.25) is 0 Å². The molecule has 0 aliphatic heterocycles. The van der Waals surface area contributed by atoms with Crippen LogP contribution in [-0.2, 0) is 0 Å². The van der Waals surface area contributed by atoms with E-state index >= 15 is 0 Å². The Hall–Kier alpha value is -2.54. The van der Waals surface area contributed by atoms with E-state index in [0.717, 1.165) is 9.75 Å². The standard InChI is InChI=1S/C12H8N4O2S/c17-11-5-1-7(13-15-11)9-3-4-10(19-9)8-2-6-12(18)16-14-8/h1-6H,(H,15,17)(H,16,18). The molecule has 2 N–H and O–H groups in total. The first-order chi connectivity index (χ1) is 9.22. The molecule has 0 aliphatic rings. The Morgan fingerprint density at radius 1 is 0.737 bits per heavy atom. The number of nitrogens with one attached hydrogen (secondary N) is 2. The van der Waals surface area contributed by atoms with Gasteiger partial charge in [0.25, 0.3) is 11.1 Å². The van der Waals surface area contributed by atoms with E-state index in [1.807, 2.05) is 12.1 Å². The van der Waals surface area contributed by atoms with E-state index in [0.29, 0.717) is 11.4 Å². The van der Waals surface area contributed by atoms with Crippen molar-refractivity contribution in [3.8, 4) is 21.1 Å². The number of hydrogen-bond donors (Lipinski definition) is 2. The maximum Gasteiger partial charge on any atom is 0.264 e. The van der Waals surface area contributed by atoms with Gasteiger partial charge in [0.05, 0.1) is 9.75 Å². The lowest BCUT2D eigenvalue weighted by molar-refractivity contribution is 0.998. The van der Waals surface area contributed by atoms with Gasteiger partial charge in [-0.1, -0.05) is 0 Å². The van der Waals surface area contributed by atoms with Gasteiger partial charge in [-0.25, -0.2) is 10.2 Å². The monoisotopic (exact) mass is 272 g/mol. The average Bonchev–Trinajstić information content (AvgIpc) is 2.90. The molecular weight excluding hydrogens is 264 g/mol. The van der Waals surface area contributed by atoms with Crippen LogP contribution in [0.2, 0.25) is 0 Å². The van der Waals surface area contributed by atoms with Crippen molar-refractivity contribution in [1.82, 2.24) is 20.4 Å². The summed E-state index contributed by atoms with van der Waals surface area (Å²) in [7, 11) is 0. The second kappa shape index (κ2) is 4.62. The third kappa shape index (κ3) is 2.36. The van der Waals surface area contributed by atoms with Gasteiger partial charge in [-0.15, -0.1) is 11.3 Å². The van der Waals surface area contributed by atoms with Crippen LogP contribution in [0.1, 0.15) is 0 Å². The Labute approximate surface area is 110 Å². The van der Waals surface area contributed by atoms with Crippen LogP contribution in [0.4, 0.5) is 0 Å². The van der Waals surface area contributed by atoms with E-state index in [1.54, 1.807) is 12.1 Å². The quantitative estimate of drug-likeness (QED) is 0.734. The fourth-order valence-corrected chi connectivity index (χ4v) is 2.52. The van der Waals surface area contributed by atoms with Gasteiger partial charge in [-0.3, -0.25) is 9.59 Å². The SMILES string of the molecule is O=c1ccc(-c2ccc(-c3ccc(=O)[nH]n3)s2)n[nH]1. The third-order valence-corrected chi connectivity index (χ3v) is 3.60. The van der Waals surface area contributed by atoms with E-state index < -0.39 is 0 Å². The molecule has 19 heavy (non-hydrogen) atoms. The second-order valence-electron chi connectivity index (χ2n) is 3.78. The highest BCUT2D eigenvalue weighted by molar-refractivity contribution is 7.18. The van der Waals surface area contributed by atoms with Crippen LogP contribution >= 0.6 is 11.3 Å². The van der Waals surface area contributed by atoms with Crippen LogP contribution in [0.5, 0.6) is 0 Å². The molecular formula is C12H8N4O2S. The minimum absolute atomic E-state index is 0.233. The molecule has 3 rings (SSSR count). The highest BCUT2D eigenvalue weighted by Crippen LogP contribution is 2.31. The summed E-state index contributed by atoms with van der Waals surface area (Å²) >= 11 is 1.48. The van der Waals surface area contributed by atoms with Gasteiger partial charge < -0.3 is 0 Å². The highest BCUT2D eigenvalue weighted by atomic mass is 32.1. The molecule has 0 saturated heterocycles. The summed E-state index contributed by atoms with van der Waals surface area (Å²) in [5, 5.41) is 12.7. The number of aromatic amines is 2. The van der Waals surface area contributed by atoms with E-state index in [-0.39, 0.29) is 11.1 Å². The molecule has 3 heterocycles. The lowest BCUT2D eigenvalue weighted by Gasteiger charge is -1.95. The summed E-state index contributed by atoms with van der Waals surface area (Å²) in [4.78, 5) is 23.7. The molecule has 94 valence electrons.